The summed E-state index contributed by atoms with van der Waals surface area (Å²) in [5, 5.41) is 0. The van der Waals surface area contributed by atoms with E-state index in [4.69, 9.17) is 9.31 Å². The largest absolute Gasteiger partial charge is 0.299 e. The van der Waals surface area contributed by atoms with Gasteiger partial charge in [-0.15, -0.1) is 0 Å². The van der Waals surface area contributed by atoms with Crippen LogP contribution in [-0.4, -0.2) is 9.55 Å². The molecule has 1 aromatic heterocycles. The lowest BCUT2D eigenvalue weighted by Gasteiger charge is -2.23. The van der Waals surface area contributed by atoms with Gasteiger partial charge in [0.2, 0.25) is 0 Å². The van der Waals surface area contributed by atoms with Crippen LogP contribution in [0.15, 0.2) is 48.7 Å². The fourth-order valence-electron chi connectivity index (χ4n) is 3.04. The van der Waals surface area contributed by atoms with Gasteiger partial charge in [0.15, 0.2) is 5.69 Å². The van der Waals surface area contributed by atoms with Crippen molar-refractivity contribution >= 4 is 5.69 Å². The molecule has 0 unspecified atom stereocenters. The number of hydrogen-bond acceptors (Lipinski definition) is 1. The summed E-state index contributed by atoms with van der Waals surface area (Å²) >= 11 is 0. The zero-order valence-electron chi connectivity index (χ0n) is 17.3. The molecule has 2 aromatic carbocycles. The zero-order valence-corrected chi connectivity index (χ0v) is 15.3. The summed E-state index contributed by atoms with van der Waals surface area (Å²) in [6.07, 6.45) is -0.0233. The Balaban J connectivity index is 2.29. The molecule has 126 valence electrons. The van der Waals surface area contributed by atoms with E-state index in [2.05, 4.69) is 42.7 Å². The standard InChI is InChI=1S/C22H23N3/c1-15-12-18(22(3,4)5)13-16(2)20(15)25-11-10-24-21(25)17-8-7-9-19(14-17)23-6/h7-14H,1-5H3/i10D,11D. The molecule has 3 rings (SSSR count). The summed E-state index contributed by atoms with van der Waals surface area (Å²) in [6, 6.07) is 11.4. The van der Waals surface area contributed by atoms with Crippen molar-refractivity contribution in [1.29, 1.82) is 0 Å². The molecular weight excluding hydrogens is 306 g/mol. The first kappa shape index (κ1) is 14.5. The quantitative estimate of drug-likeness (QED) is 0.528. The molecule has 0 aliphatic heterocycles. The lowest BCUT2D eigenvalue weighted by molar-refractivity contribution is 0.589. The van der Waals surface area contributed by atoms with Crippen molar-refractivity contribution < 1.29 is 2.74 Å². The Kier molecular flexibility index (Phi) is 3.60. The summed E-state index contributed by atoms with van der Waals surface area (Å²) < 4.78 is 18.2. The third kappa shape index (κ3) is 3.21. The van der Waals surface area contributed by atoms with Gasteiger partial charge >= 0.3 is 0 Å². The highest BCUT2D eigenvalue weighted by molar-refractivity contribution is 5.66. The molecule has 25 heavy (non-hydrogen) atoms. The van der Waals surface area contributed by atoms with Crippen molar-refractivity contribution in [3.8, 4) is 17.1 Å². The van der Waals surface area contributed by atoms with Crippen LogP contribution in [0.2, 0.25) is 0 Å². The monoisotopic (exact) mass is 331 g/mol. The van der Waals surface area contributed by atoms with Crippen molar-refractivity contribution in [3.05, 3.63) is 76.9 Å². The van der Waals surface area contributed by atoms with Gasteiger partial charge < -0.3 is 0 Å². The molecule has 0 N–H and O–H groups in total. The van der Waals surface area contributed by atoms with E-state index in [0.717, 1.165) is 22.4 Å². The average molecular weight is 331 g/mol. The minimum atomic E-state index is -0.0723. The van der Waals surface area contributed by atoms with E-state index in [1.165, 1.54) is 5.56 Å². The highest BCUT2D eigenvalue weighted by atomic mass is 15.1. The molecule has 0 atom stereocenters. The van der Waals surface area contributed by atoms with Gasteiger partial charge in [0.25, 0.3) is 0 Å². The van der Waals surface area contributed by atoms with Crippen LogP contribution in [0.4, 0.5) is 5.69 Å². The Morgan fingerprint density at radius 2 is 1.80 bits per heavy atom. The zero-order chi connectivity index (χ0) is 19.9. The Bertz CT molecular complexity index is 1040. The smallest absolute Gasteiger partial charge is 0.187 e. The van der Waals surface area contributed by atoms with Gasteiger partial charge in [-0.2, -0.15) is 0 Å². The van der Waals surface area contributed by atoms with Crippen molar-refractivity contribution in [1.82, 2.24) is 9.55 Å². The molecule has 3 aromatic rings. The van der Waals surface area contributed by atoms with Crippen LogP contribution >= 0.6 is 0 Å². The van der Waals surface area contributed by atoms with Crippen molar-refractivity contribution in [3.63, 3.8) is 0 Å². The normalized spacial score (nSPS) is 12.5. The van der Waals surface area contributed by atoms with Crippen LogP contribution in [0.25, 0.3) is 21.9 Å². The highest BCUT2D eigenvalue weighted by Gasteiger charge is 2.18. The number of benzene rings is 2. The molecule has 0 aliphatic rings. The van der Waals surface area contributed by atoms with E-state index in [1.54, 1.807) is 22.8 Å². The maximum absolute atomic E-state index is 8.42. The fraction of sp³-hybridized carbons (Fsp3) is 0.273. The van der Waals surface area contributed by atoms with Gasteiger partial charge in [-0.1, -0.05) is 51.1 Å². The second-order valence-corrected chi connectivity index (χ2v) is 7.37. The Morgan fingerprint density at radius 3 is 2.40 bits per heavy atom. The maximum Gasteiger partial charge on any atom is 0.187 e. The summed E-state index contributed by atoms with van der Waals surface area (Å²) in [5.41, 5.74) is 5.45. The SMILES string of the molecule is [2H]c1nc(-c2cccc([N+]#[C-])c2)n(-c2c(C)cc(C(C)(C)C)cc2C)c1[2H]. The summed E-state index contributed by atoms with van der Waals surface area (Å²) in [4.78, 5) is 7.81. The molecule has 1 heterocycles. The highest BCUT2D eigenvalue weighted by Crippen LogP contribution is 2.32. The Labute approximate surface area is 152 Å². The van der Waals surface area contributed by atoms with Gasteiger partial charge in [-0.3, -0.25) is 4.57 Å². The van der Waals surface area contributed by atoms with Crippen LogP contribution < -0.4 is 0 Å². The summed E-state index contributed by atoms with van der Waals surface area (Å²) in [5.74, 6) is 0.519. The van der Waals surface area contributed by atoms with Gasteiger partial charge in [0.1, 0.15) is 5.82 Å². The second kappa shape index (κ2) is 6.22. The van der Waals surface area contributed by atoms with Crippen molar-refractivity contribution in [2.45, 2.75) is 40.0 Å². The molecule has 0 radical (unpaired) electrons. The van der Waals surface area contributed by atoms with Crippen LogP contribution in [0.3, 0.4) is 0 Å². The first-order chi connectivity index (χ1) is 12.6. The van der Waals surface area contributed by atoms with Crippen LogP contribution in [-0.2, 0) is 5.41 Å². The number of hydrogen-bond donors (Lipinski definition) is 0. The van der Waals surface area contributed by atoms with Crippen LogP contribution in [0, 0.1) is 20.4 Å². The van der Waals surface area contributed by atoms with Gasteiger partial charge in [0.05, 0.1) is 15.0 Å². The van der Waals surface area contributed by atoms with E-state index in [-0.39, 0.29) is 17.8 Å². The third-order valence-electron chi connectivity index (χ3n) is 4.35. The van der Waals surface area contributed by atoms with Gasteiger partial charge in [0, 0.05) is 17.9 Å². The van der Waals surface area contributed by atoms with Crippen molar-refractivity contribution in [2.24, 2.45) is 0 Å². The predicted molar refractivity (Wildman–Crippen MR) is 103 cm³/mol. The molecule has 0 saturated heterocycles. The summed E-state index contributed by atoms with van der Waals surface area (Å²) in [6.45, 7) is 17.8. The van der Waals surface area contributed by atoms with E-state index < -0.39 is 0 Å². The molecular formula is C22H23N3. The average Bonchev–Trinajstić information content (AvgIpc) is 2.89. The first-order valence-electron chi connectivity index (χ1n) is 9.29. The number of imidazole rings is 1. The number of nitrogens with zero attached hydrogens (tertiary/aromatic N) is 3. The predicted octanol–water partition coefficient (Wildman–Crippen LogP) is 6.00. The van der Waals surface area contributed by atoms with E-state index >= 15 is 0 Å². The van der Waals surface area contributed by atoms with Crippen LogP contribution in [0.1, 0.15) is 40.2 Å². The molecule has 0 saturated carbocycles. The third-order valence-corrected chi connectivity index (χ3v) is 4.35. The molecule has 0 amide bonds. The van der Waals surface area contributed by atoms with Gasteiger partial charge in [-0.25, -0.2) is 9.83 Å². The van der Waals surface area contributed by atoms with E-state index in [1.807, 2.05) is 19.9 Å². The minimum Gasteiger partial charge on any atom is -0.299 e. The maximum atomic E-state index is 8.42. The second-order valence-electron chi connectivity index (χ2n) is 7.37. The number of aryl methyl sites for hydroxylation is 2. The first-order valence-corrected chi connectivity index (χ1v) is 8.29. The van der Waals surface area contributed by atoms with E-state index in [0.29, 0.717) is 11.5 Å². The molecule has 3 heteroatoms. The lowest BCUT2D eigenvalue weighted by atomic mass is 9.84. The molecule has 0 aliphatic carbocycles. The van der Waals surface area contributed by atoms with Crippen LogP contribution in [0.5, 0.6) is 0 Å². The molecule has 0 fully saturated rings. The molecule has 3 nitrogen and oxygen atoms in total. The van der Waals surface area contributed by atoms with Crippen molar-refractivity contribution in [2.75, 3.05) is 0 Å². The summed E-state index contributed by atoms with van der Waals surface area (Å²) in [7, 11) is 0. The Morgan fingerprint density at radius 1 is 1.12 bits per heavy atom. The number of aromatic nitrogens is 2. The lowest BCUT2D eigenvalue weighted by Crippen LogP contribution is -2.13. The number of rotatable bonds is 2. The minimum absolute atomic E-state index is 0.0279. The topological polar surface area (TPSA) is 22.2 Å². The molecule has 0 bridgehead atoms. The van der Waals surface area contributed by atoms with E-state index in [9.17, 15) is 0 Å². The fourth-order valence-corrected chi connectivity index (χ4v) is 3.04. The van der Waals surface area contributed by atoms with Gasteiger partial charge in [-0.05, 0) is 42.0 Å². The molecule has 0 spiro atoms. The Hall–Kier alpha value is -2.86.